The Labute approximate surface area is 168 Å². The lowest BCUT2D eigenvalue weighted by molar-refractivity contribution is -0.118. The van der Waals surface area contributed by atoms with Gasteiger partial charge in [0.2, 0.25) is 11.7 Å². The van der Waals surface area contributed by atoms with Gasteiger partial charge in [0.15, 0.2) is 11.5 Å². The number of benzene rings is 2. The van der Waals surface area contributed by atoms with Crippen molar-refractivity contribution in [1.82, 2.24) is 5.32 Å². The van der Waals surface area contributed by atoms with Crippen molar-refractivity contribution in [2.75, 3.05) is 40.4 Å². The van der Waals surface area contributed by atoms with Crippen LogP contribution in [0.15, 0.2) is 36.4 Å². The summed E-state index contributed by atoms with van der Waals surface area (Å²) in [5.74, 6) is 0.395. The zero-order valence-corrected chi connectivity index (χ0v) is 16.6. The summed E-state index contributed by atoms with van der Waals surface area (Å²) in [5, 5.41) is 14.7. The molecule has 0 aliphatic carbocycles. The fourth-order valence-electron chi connectivity index (χ4n) is 2.55. The minimum absolute atomic E-state index is 0.176. The fourth-order valence-corrected chi connectivity index (χ4v) is 2.55. The Balaban J connectivity index is 2.15. The lowest BCUT2D eigenvalue weighted by Gasteiger charge is -2.18. The maximum absolute atomic E-state index is 12.6. The van der Waals surface area contributed by atoms with Gasteiger partial charge in [-0.15, -0.1) is 0 Å². The lowest BCUT2D eigenvalue weighted by Crippen LogP contribution is -2.46. The monoisotopic (exact) mass is 404 g/mol. The lowest BCUT2D eigenvalue weighted by atomic mass is 10.1. The van der Waals surface area contributed by atoms with E-state index >= 15 is 0 Å². The van der Waals surface area contributed by atoms with Crippen molar-refractivity contribution in [3.63, 3.8) is 0 Å². The molecule has 2 aromatic rings. The first-order valence-corrected chi connectivity index (χ1v) is 8.64. The van der Waals surface area contributed by atoms with Gasteiger partial charge in [-0.05, 0) is 36.4 Å². The number of rotatable bonds is 9. The summed E-state index contributed by atoms with van der Waals surface area (Å²) in [6, 6.07) is 8.39. The van der Waals surface area contributed by atoms with Crippen LogP contribution in [0.5, 0.6) is 23.0 Å². The first-order chi connectivity index (χ1) is 14.0. The SMILES string of the molecule is COc1ccc(NC(=O)[C@H](CO)NC(=O)c2cc(OC)c(OC)c(OC)c2)cc1. The standard InChI is InChI=1S/C20H24N2O7/c1-26-14-7-5-13(6-8-14)21-20(25)15(11-23)22-19(24)12-9-16(27-2)18(29-4)17(10-12)28-3/h5-10,15,23H,11H2,1-4H3,(H,21,25)(H,22,24)/t15-/m0/s1. The Morgan fingerprint density at radius 2 is 1.52 bits per heavy atom. The molecule has 2 aromatic carbocycles. The van der Waals surface area contributed by atoms with Crippen molar-refractivity contribution in [3.05, 3.63) is 42.0 Å². The van der Waals surface area contributed by atoms with E-state index in [1.807, 2.05) is 0 Å². The quantitative estimate of drug-likeness (QED) is 0.579. The molecule has 0 saturated heterocycles. The molecule has 29 heavy (non-hydrogen) atoms. The molecular formula is C20H24N2O7. The first kappa shape index (κ1) is 21.8. The van der Waals surface area contributed by atoms with Crippen molar-refractivity contribution < 1.29 is 33.6 Å². The van der Waals surface area contributed by atoms with E-state index in [1.165, 1.54) is 40.6 Å². The van der Waals surface area contributed by atoms with Gasteiger partial charge in [-0.3, -0.25) is 9.59 Å². The molecule has 0 aliphatic rings. The molecule has 2 rings (SSSR count). The number of ether oxygens (including phenoxy) is 4. The molecule has 0 bridgehead atoms. The molecular weight excluding hydrogens is 380 g/mol. The molecule has 2 amide bonds. The molecule has 1 atom stereocenters. The molecule has 0 unspecified atom stereocenters. The van der Waals surface area contributed by atoms with Gasteiger partial charge in [-0.1, -0.05) is 0 Å². The van der Waals surface area contributed by atoms with Gasteiger partial charge in [-0.25, -0.2) is 0 Å². The van der Waals surface area contributed by atoms with Crippen LogP contribution in [0.25, 0.3) is 0 Å². The highest BCUT2D eigenvalue weighted by molar-refractivity contribution is 6.01. The smallest absolute Gasteiger partial charge is 0.252 e. The number of hydrogen-bond acceptors (Lipinski definition) is 7. The number of aliphatic hydroxyl groups is 1. The van der Waals surface area contributed by atoms with E-state index in [9.17, 15) is 14.7 Å². The highest BCUT2D eigenvalue weighted by Gasteiger charge is 2.23. The zero-order valence-electron chi connectivity index (χ0n) is 16.6. The van der Waals surface area contributed by atoms with Crippen molar-refractivity contribution in [2.24, 2.45) is 0 Å². The van der Waals surface area contributed by atoms with Crippen LogP contribution < -0.4 is 29.6 Å². The van der Waals surface area contributed by atoms with Crippen LogP contribution in [0.3, 0.4) is 0 Å². The molecule has 0 heterocycles. The minimum atomic E-state index is -1.16. The van der Waals surface area contributed by atoms with Crippen molar-refractivity contribution >= 4 is 17.5 Å². The zero-order chi connectivity index (χ0) is 21.4. The molecule has 9 nitrogen and oxygen atoms in total. The van der Waals surface area contributed by atoms with Crippen LogP contribution in [0.2, 0.25) is 0 Å². The summed E-state index contributed by atoms with van der Waals surface area (Å²) in [5.41, 5.74) is 0.673. The summed E-state index contributed by atoms with van der Waals surface area (Å²) in [7, 11) is 5.84. The van der Waals surface area contributed by atoms with E-state index in [2.05, 4.69) is 10.6 Å². The van der Waals surface area contributed by atoms with Crippen LogP contribution in [-0.4, -0.2) is 58.0 Å². The molecule has 9 heteroatoms. The number of methoxy groups -OCH3 is 4. The molecule has 156 valence electrons. The van der Waals surface area contributed by atoms with Gasteiger partial charge in [0.05, 0.1) is 35.0 Å². The number of carbonyl (C=O) groups excluding carboxylic acids is 2. The molecule has 0 fully saturated rings. The minimum Gasteiger partial charge on any atom is -0.497 e. The van der Waals surface area contributed by atoms with Crippen molar-refractivity contribution in [3.8, 4) is 23.0 Å². The van der Waals surface area contributed by atoms with Gasteiger partial charge in [0.25, 0.3) is 5.91 Å². The summed E-state index contributed by atoms with van der Waals surface area (Å²) in [6.45, 7) is -0.585. The largest absolute Gasteiger partial charge is 0.497 e. The number of aliphatic hydroxyl groups excluding tert-OH is 1. The number of hydrogen-bond donors (Lipinski definition) is 3. The predicted octanol–water partition coefficient (Wildman–Crippen LogP) is 1.45. The molecule has 3 N–H and O–H groups in total. The van der Waals surface area contributed by atoms with Crippen LogP contribution >= 0.6 is 0 Å². The van der Waals surface area contributed by atoms with E-state index in [4.69, 9.17) is 18.9 Å². The van der Waals surface area contributed by atoms with E-state index < -0.39 is 24.5 Å². The van der Waals surface area contributed by atoms with E-state index in [0.717, 1.165) is 0 Å². The van der Waals surface area contributed by atoms with Gasteiger partial charge >= 0.3 is 0 Å². The number of anilines is 1. The normalized spacial score (nSPS) is 11.2. The molecule has 0 saturated carbocycles. The Hall–Kier alpha value is -3.46. The summed E-state index contributed by atoms with van der Waals surface area (Å²) in [6.07, 6.45) is 0. The fraction of sp³-hybridized carbons (Fsp3) is 0.300. The van der Waals surface area contributed by atoms with Crippen LogP contribution in [0.1, 0.15) is 10.4 Å². The highest BCUT2D eigenvalue weighted by Crippen LogP contribution is 2.38. The Morgan fingerprint density at radius 1 is 0.931 bits per heavy atom. The second-order valence-electron chi connectivity index (χ2n) is 5.84. The maximum Gasteiger partial charge on any atom is 0.252 e. The Bertz CT molecular complexity index is 827. The third-order valence-corrected chi connectivity index (χ3v) is 4.09. The van der Waals surface area contributed by atoms with Gasteiger partial charge < -0.3 is 34.7 Å². The van der Waals surface area contributed by atoms with E-state index in [1.54, 1.807) is 24.3 Å². The van der Waals surface area contributed by atoms with Gasteiger partial charge in [0.1, 0.15) is 11.8 Å². The third kappa shape index (κ3) is 5.29. The predicted molar refractivity (Wildman–Crippen MR) is 106 cm³/mol. The van der Waals surface area contributed by atoms with Crippen LogP contribution in [-0.2, 0) is 4.79 Å². The summed E-state index contributed by atoms with van der Waals surface area (Å²) in [4.78, 5) is 25.0. The van der Waals surface area contributed by atoms with Crippen LogP contribution in [0.4, 0.5) is 5.69 Å². The number of amides is 2. The first-order valence-electron chi connectivity index (χ1n) is 8.64. The summed E-state index contributed by atoms with van der Waals surface area (Å²) >= 11 is 0. The maximum atomic E-state index is 12.6. The van der Waals surface area contributed by atoms with Crippen molar-refractivity contribution in [2.45, 2.75) is 6.04 Å². The van der Waals surface area contributed by atoms with Crippen molar-refractivity contribution in [1.29, 1.82) is 0 Å². The average Bonchev–Trinajstić information content (AvgIpc) is 2.76. The average molecular weight is 404 g/mol. The number of carbonyl (C=O) groups is 2. The van der Waals surface area contributed by atoms with Gasteiger partial charge in [0, 0.05) is 11.3 Å². The Kier molecular flexibility index (Phi) is 7.67. The molecule has 0 radical (unpaired) electrons. The van der Waals surface area contributed by atoms with Crippen LogP contribution in [0, 0.1) is 0 Å². The topological polar surface area (TPSA) is 115 Å². The highest BCUT2D eigenvalue weighted by atomic mass is 16.5. The molecule has 0 spiro atoms. The van der Waals surface area contributed by atoms with E-state index in [-0.39, 0.29) is 5.56 Å². The second kappa shape index (κ2) is 10.2. The molecule has 0 aliphatic heterocycles. The third-order valence-electron chi connectivity index (χ3n) is 4.09. The Morgan fingerprint density at radius 3 is 1.97 bits per heavy atom. The second-order valence-corrected chi connectivity index (χ2v) is 5.84. The number of nitrogens with one attached hydrogen (secondary N) is 2. The van der Waals surface area contributed by atoms with Gasteiger partial charge in [-0.2, -0.15) is 0 Å². The summed E-state index contributed by atoms with van der Waals surface area (Å²) < 4.78 is 20.7. The van der Waals surface area contributed by atoms with E-state index in [0.29, 0.717) is 28.7 Å². The molecule has 0 aromatic heterocycles.